The number of carbonyl (C=O) groups is 2. The van der Waals surface area contributed by atoms with Gasteiger partial charge in [0, 0.05) is 16.9 Å². The van der Waals surface area contributed by atoms with Gasteiger partial charge in [0.05, 0.1) is 13.2 Å². The lowest BCUT2D eigenvalue weighted by atomic mass is 9.84. The van der Waals surface area contributed by atoms with Gasteiger partial charge < -0.3 is 14.8 Å². The minimum atomic E-state index is -0.719. The fourth-order valence-electron chi connectivity index (χ4n) is 3.14. The summed E-state index contributed by atoms with van der Waals surface area (Å²) in [7, 11) is 0. The second-order valence-electron chi connectivity index (χ2n) is 6.21. The lowest BCUT2D eigenvalue weighted by Crippen LogP contribution is -2.19. The zero-order valence-corrected chi connectivity index (χ0v) is 16.1. The maximum Gasteiger partial charge on any atom is 0.347 e. The molecule has 1 fully saturated rings. The van der Waals surface area contributed by atoms with Gasteiger partial charge in [-0.1, -0.05) is 36.9 Å². The first kappa shape index (κ1) is 20.3. The predicted octanol–water partition coefficient (Wildman–Crippen LogP) is 4.81. The van der Waals surface area contributed by atoms with Crippen molar-refractivity contribution in [3.63, 3.8) is 0 Å². The van der Waals surface area contributed by atoms with Crippen molar-refractivity contribution in [1.82, 2.24) is 0 Å². The van der Waals surface area contributed by atoms with E-state index in [1.165, 1.54) is 38.3 Å². The van der Waals surface area contributed by atoms with E-state index >= 15 is 0 Å². The summed E-state index contributed by atoms with van der Waals surface area (Å²) in [4.78, 5) is 23.9. The molecule has 1 aliphatic carbocycles. The Morgan fingerprint density at radius 3 is 2.27 bits per heavy atom. The molecule has 142 valence electrons. The molecular formula is C20H26ClNO4. The number of carbonyl (C=O) groups excluding carboxylic acids is 2. The molecule has 0 amide bonds. The van der Waals surface area contributed by atoms with Crippen molar-refractivity contribution < 1.29 is 19.1 Å². The molecule has 1 N–H and O–H groups in total. The summed E-state index contributed by atoms with van der Waals surface area (Å²) in [6.45, 7) is 3.71. The van der Waals surface area contributed by atoms with Crippen molar-refractivity contribution in [3.05, 3.63) is 40.6 Å². The molecule has 0 aliphatic heterocycles. The Kier molecular flexibility index (Phi) is 7.98. The highest BCUT2D eigenvalue weighted by atomic mass is 35.5. The standard InChI is InChI=1S/C20H26ClNO4/c1-3-25-19(23)17(20(24)26-4-2)13-22-15-10-11-16(18(21)12-15)14-8-6-5-7-9-14/h10-14,22H,3-9H2,1-2H3. The molecule has 1 aromatic carbocycles. The lowest BCUT2D eigenvalue weighted by Gasteiger charge is -2.23. The molecule has 0 saturated heterocycles. The third-order valence-corrected chi connectivity index (χ3v) is 4.75. The third kappa shape index (κ3) is 5.49. The van der Waals surface area contributed by atoms with E-state index in [9.17, 15) is 9.59 Å². The Morgan fingerprint density at radius 2 is 1.73 bits per heavy atom. The second kappa shape index (κ2) is 10.2. The van der Waals surface area contributed by atoms with Crippen LogP contribution in [0.5, 0.6) is 0 Å². The SMILES string of the molecule is CCOC(=O)C(=CNc1ccc(C2CCCCC2)c(Cl)c1)C(=O)OCC. The van der Waals surface area contributed by atoms with Gasteiger partial charge in [-0.3, -0.25) is 0 Å². The average Bonchev–Trinajstić information content (AvgIpc) is 2.63. The fraction of sp³-hybridized carbons (Fsp3) is 0.500. The van der Waals surface area contributed by atoms with E-state index in [-0.39, 0.29) is 18.8 Å². The van der Waals surface area contributed by atoms with Gasteiger partial charge in [-0.05, 0) is 50.3 Å². The Hall–Kier alpha value is -2.01. The molecular weight excluding hydrogens is 354 g/mol. The number of ether oxygens (including phenoxy) is 2. The van der Waals surface area contributed by atoms with Crippen LogP contribution in [-0.4, -0.2) is 25.2 Å². The number of rotatable bonds is 7. The van der Waals surface area contributed by atoms with Gasteiger partial charge in [0.25, 0.3) is 0 Å². The summed E-state index contributed by atoms with van der Waals surface area (Å²) in [5.41, 5.74) is 1.68. The van der Waals surface area contributed by atoms with Crippen LogP contribution in [0.4, 0.5) is 5.69 Å². The summed E-state index contributed by atoms with van der Waals surface area (Å²) in [6.07, 6.45) is 7.42. The molecule has 5 nitrogen and oxygen atoms in total. The maximum absolute atomic E-state index is 12.0. The van der Waals surface area contributed by atoms with E-state index < -0.39 is 11.9 Å². The first-order valence-corrected chi connectivity index (χ1v) is 9.55. The van der Waals surface area contributed by atoms with Gasteiger partial charge >= 0.3 is 11.9 Å². The fourth-order valence-corrected chi connectivity index (χ4v) is 3.47. The number of benzene rings is 1. The first-order valence-electron chi connectivity index (χ1n) is 9.17. The Morgan fingerprint density at radius 1 is 1.12 bits per heavy atom. The van der Waals surface area contributed by atoms with Crippen molar-refractivity contribution in [3.8, 4) is 0 Å². The highest BCUT2D eigenvalue weighted by molar-refractivity contribution is 6.31. The van der Waals surface area contributed by atoms with Crippen molar-refractivity contribution in [2.24, 2.45) is 0 Å². The zero-order chi connectivity index (χ0) is 18.9. The van der Waals surface area contributed by atoms with Gasteiger partial charge in [-0.2, -0.15) is 0 Å². The van der Waals surface area contributed by atoms with Crippen LogP contribution in [0.1, 0.15) is 57.4 Å². The number of anilines is 1. The van der Waals surface area contributed by atoms with E-state index in [1.54, 1.807) is 13.8 Å². The highest BCUT2D eigenvalue weighted by Crippen LogP contribution is 2.37. The molecule has 0 bridgehead atoms. The first-order chi connectivity index (χ1) is 12.6. The number of halogens is 1. The molecule has 0 spiro atoms. The minimum Gasteiger partial charge on any atom is -0.462 e. The van der Waals surface area contributed by atoms with E-state index in [4.69, 9.17) is 21.1 Å². The van der Waals surface area contributed by atoms with E-state index in [0.29, 0.717) is 16.6 Å². The summed E-state index contributed by atoms with van der Waals surface area (Å²) in [5, 5.41) is 3.64. The third-order valence-electron chi connectivity index (χ3n) is 4.42. The highest BCUT2D eigenvalue weighted by Gasteiger charge is 2.21. The summed E-state index contributed by atoms with van der Waals surface area (Å²) in [5.74, 6) is -0.929. The molecule has 0 unspecified atom stereocenters. The second-order valence-corrected chi connectivity index (χ2v) is 6.62. The van der Waals surface area contributed by atoms with Crippen LogP contribution in [0.25, 0.3) is 0 Å². The average molecular weight is 380 g/mol. The smallest absolute Gasteiger partial charge is 0.347 e. The quantitative estimate of drug-likeness (QED) is 0.319. The minimum absolute atomic E-state index is 0.178. The van der Waals surface area contributed by atoms with Crippen LogP contribution in [0.2, 0.25) is 5.02 Å². The summed E-state index contributed by atoms with van der Waals surface area (Å²) >= 11 is 6.46. The molecule has 1 saturated carbocycles. The largest absolute Gasteiger partial charge is 0.462 e. The molecule has 0 aromatic heterocycles. The molecule has 0 radical (unpaired) electrons. The van der Waals surface area contributed by atoms with E-state index in [0.717, 1.165) is 5.56 Å². The number of hydrogen-bond donors (Lipinski definition) is 1. The summed E-state index contributed by atoms with van der Waals surface area (Å²) in [6, 6.07) is 5.74. The Labute approximate surface area is 159 Å². The maximum atomic E-state index is 12.0. The van der Waals surface area contributed by atoms with Crippen LogP contribution in [0.3, 0.4) is 0 Å². The normalized spacial score (nSPS) is 14.4. The van der Waals surface area contributed by atoms with Crippen LogP contribution >= 0.6 is 11.6 Å². The predicted molar refractivity (Wildman–Crippen MR) is 102 cm³/mol. The van der Waals surface area contributed by atoms with E-state index in [1.807, 2.05) is 18.2 Å². The molecule has 26 heavy (non-hydrogen) atoms. The van der Waals surface area contributed by atoms with Crippen LogP contribution in [0.15, 0.2) is 30.0 Å². The molecule has 6 heteroatoms. The number of esters is 2. The van der Waals surface area contributed by atoms with Gasteiger partial charge in [0.1, 0.15) is 0 Å². The van der Waals surface area contributed by atoms with Crippen molar-refractivity contribution in [1.29, 1.82) is 0 Å². The molecule has 2 rings (SSSR count). The van der Waals surface area contributed by atoms with Crippen molar-refractivity contribution >= 4 is 29.2 Å². The zero-order valence-electron chi connectivity index (χ0n) is 15.3. The molecule has 0 atom stereocenters. The monoisotopic (exact) mass is 379 g/mol. The van der Waals surface area contributed by atoms with Crippen molar-refractivity contribution in [2.45, 2.75) is 51.9 Å². The topological polar surface area (TPSA) is 64.6 Å². The van der Waals surface area contributed by atoms with Crippen LogP contribution in [0, 0.1) is 0 Å². The van der Waals surface area contributed by atoms with Crippen LogP contribution < -0.4 is 5.32 Å². The Balaban J connectivity index is 2.13. The van der Waals surface area contributed by atoms with Gasteiger partial charge in [0.15, 0.2) is 5.57 Å². The number of hydrogen-bond acceptors (Lipinski definition) is 5. The van der Waals surface area contributed by atoms with Gasteiger partial charge in [0.2, 0.25) is 0 Å². The van der Waals surface area contributed by atoms with Gasteiger partial charge in [-0.25, -0.2) is 9.59 Å². The Bertz CT molecular complexity index is 646. The van der Waals surface area contributed by atoms with E-state index in [2.05, 4.69) is 5.32 Å². The molecule has 0 heterocycles. The van der Waals surface area contributed by atoms with Crippen LogP contribution in [-0.2, 0) is 19.1 Å². The summed E-state index contributed by atoms with van der Waals surface area (Å²) < 4.78 is 9.82. The molecule has 1 aliphatic rings. The van der Waals surface area contributed by atoms with Crippen molar-refractivity contribution in [2.75, 3.05) is 18.5 Å². The van der Waals surface area contributed by atoms with Gasteiger partial charge in [-0.15, -0.1) is 0 Å². The number of nitrogens with one attached hydrogen (secondary N) is 1. The molecule has 1 aromatic rings. The lowest BCUT2D eigenvalue weighted by molar-refractivity contribution is -0.146.